The summed E-state index contributed by atoms with van der Waals surface area (Å²) in [6.07, 6.45) is 0. The van der Waals surface area contributed by atoms with E-state index in [0.717, 1.165) is 86.7 Å². The van der Waals surface area contributed by atoms with Crippen LogP contribution >= 0.6 is 0 Å². The van der Waals surface area contributed by atoms with E-state index in [0.29, 0.717) is 17.1 Å². The molecule has 0 atom stereocenters. The van der Waals surface area contributed by atoms with E-state index in [4.69, 9.17) is 25.3 Å². The van der Waals surface area contributed by atoms with Crippen LogP contribution in [-0.2, 0) is 4.79 Å². The molecule has 6 rings (SSSR count). The first-order chi connectivity index (χ1) is 26.6. The maximum Gasteiger partial charge on any atom is 0.221 e. The number of carbonyl (C=O) groups excluding carboxylic acids is 1. The van der Waals surface area contributed by atoms with E-state index in [1.807, 2.05) is 58.9 Å². The molecule has 1 aliphatic heterocycles. The van der Waals surface area contributed by atoms with Crippen LogP contribution in [0.2, 0.25) is 6.82 Å². The molecule has 56 heavy (non-hydrogen) atoms. The van der Waals surface area contributed by atoms with Gasteiger partial charge < -0.3 is 41.4 Å². The Morgan fingerprint density at radius 2 is 1.21 bits per heavy atom. The summed E-state index contributed by atoms with van der Waals surface area (Å²) in [6, 6.07) is 23.5. The molecular weight excluding hydrogens is 703 g/mol. The van der Waals surface area contributed by atoms with Gasteiger partial charge in [0.1, 0.15) is 28.5 Å². The van der Waals surface area contributed by atoms with E-state index in [-0.39, 0.29) is 17.4 Å². The van der Waals surface area contributed by atoms with Crippen molar-refractivity contribution in [2.24, 2.45) is 4.99 Å². The molecule has 0 saturated carbocycles. The number of carbonyl (C=O) groups is 1. The lowest BCUT2D eigenvalue weighted by atomic mass is 10.1. The minimum Gasteiger partial charge on any atom is -0.508 e. The zero-order chi connectivity index (χ0) is 41.9. The number of phenolic OH excluding ortho intramolecular Hbond substituents is 3. The van der Waals surface area contributed by atoms with Crippen LogP contribution in [0.1, 0.15) is 55.5 Å². The fraction of sp³-hybridized carbons (Fsp3) is 0.295. The Kier molecular flexibility index (Phi) is 18.8. The summed E-state index contributed by atoms with van der Waals surface area (Å²) in [5.41, 5.74) is 16.4. The number of aryl methyl sites for hydroxylation is 5. The number of hydrogen-bond acceptors (Lipinski definition) is 10. The van der Waals surface area contributed by atoms with Gasteiger partial charge in [0.05, 0.1) is 13.2 Å². The van der Waals surface area contributed by atoms with E-state index < -0.39 is 0 Å². The number of phenols is 3. The first-order valence-electron chi connectivity index (χ1n) is 18.5. The first-order valence-corrected chi connectivity index (χ1v) is 18.5. The highest BCUT2D eigenvalue weighted by Gasteiger charge is 2.13. The molecule has 4 aromatic rings. The Balaban J connectivity index is 0.000000272. The highest BCUT2D eigenvalue weighted by Crippen LogP contribution is 2.29. The fourth-order valence-electron chi connectivity index (χ4n) is 5.58. The quantitative estimate of drug-likeness (QED) is 0.0495. The van der Waals surface area contributed by atoms with Crippen molar-refractivity contribution in [3.8, 4) is 28.7 Å². The third-order valence-corrected chi connectivity index (χ3v) is 7.61. The molecule has 2 aliphatic rings. The van der Waals surface area contributed by atoms with Gasteiger partial charge in [0.2, 0.25) is 5.91 Å². The Morgan fingerprint density at radius 1 is 0.696 bits per heavy atom. The van der Waals surface area contributed by atoms with Crippen molar-refractivity contribution >= 4 is 47.6 Å². The minimum atomic E-state index is -0.139. The number of fused-ring (bicyclic) bond motifs is 2. The number of nitrogens with zero attached hydrogens (tertiary/aromatic N) is 2. The lowest BCUT2D eigenvalue weighted by molar-refractivity contribution is -0.114. The number of aromatic nitrogens is 1. The van der Waals surface area contributed by atoms with Crippen molar-refractivity contribution in [2.75, 3.05) is 41.3 Å². The Morgan fingerprint density at radius 3 is 1.71 bits per heavy atom. The number of nitrogens with two attached hydrogens (primary N) is 1. The third-order valence-electron chi connectivity index (χ3n) is 7.61. The average Bonchev–Trinajstić information content (AvgIpc) is 3.09. The number of hydrogen-bond donors (Lipinski definition) is 7. The van der Waals surface area contributed by atoms with E-state index in [1.54, 1.807) is 36.4 Å². The fourth-order valence-corrected chi connectivity index (χ4v) is 5.58. The number of benzene rings is 5. The van der Waals surface area contributed by atoms with Crippen LogP contribution in [0.5, 0.6) is 17.2 Å². The Bertz CT molecular complexity index is 2130. The molecule has 1 amide bonds. The van der Waals surface area contributed by atoms with Gasteiger partial charge in [0, 0.05) is 79.6 Å². The number of nitrogens with one attached hydrogen (secondary N) is 3. The Hall–Kier alpha value is -6.17. The smallest absolute Gasteiger partial charge is 0.221 e. The van der Waals surface area contributed by atoms with Crippen LogP contribution in [-0.4, -0.2) is 53.7 Å². The van der Waals surface area contributed by atoms with E-state index in [1.165, 1.54) is 25.9 Å². The minimum absolute atomic E-state index is 0.139. The molecule has 1 heterocycles. The molecular formula is C44H57BN6O5. The molecule has 0 fully saturated rings. The molecule has 11 nitrogen and oxygen atoms in total. The molecule has 0 saturated heterocycles. The first kappa shape index (κ1) is 46.0. The van der Waals surface area contributed by atoms with E-state index in [2.05, 4.69) is 55.6 Å². The van der Waals surface area contributed by atoms with Crippen LogP contribution in [0.25, 0.3) is 22.6 Å². The SMILES string of the molecule is CC(=O)Nc1cc(C)cc(O)c1.CCN=c1cc2oc3cc(NCC)cc(C)c3nc-2cc1C.CCNc1cc(C)cc(O)c1.Cc1cc(N)cc(O)c1.[B]C. The second kappa shape index (κ2) is 22.9. The molecule has 4 aromatic carbocycles. The highest BCUT2D eigenvalue weighted by molar-refractivity contribution is 6.05. The zero-order valence-corrected chi connectivity index (χ0v) is 34.3. The van der Waals surface area contributed by atoms with Crippen molar-refractivity contribution in [3.63, 3.8) is 0 Å². The number of nitrogen functional groups attached to an aromatic ring is 1. The van der Waals surface area contributed by atoms with E-state index >= 15 is 0 Å². The standard InChI is InChI=1S/C18H21N3O.C9H11NO2.C9H13NO.C7H9NO.CH3B/c1-5-19-13-7-12(4)18-17(9-13)22-16-10-14(20-6-2)11(3)8-15(16)21-18;1-6-3-8(10-7(2)11)5-9(12)4-6;1-3-10-8-4-7(2)5-9(11)6-8;1-5-2-6(8)4-7(9)3-5;1-2/h7-10,19H,5-6H2,1-4H3;3-5,12H,1-2H3,(H,10,11);4-6,10-11H,3H2,1-2H3;2-4,9H,8H2,1H3;1H3. The van der Waals surface area contributed by atoms with Gasteiger partial charge in [0.25, 0.3) is 0 Å². The second-order valence-electron chi connectivity index (χ2n) is 12.9. The van der Waals surface area contributed by atoms with Crippen LogP contribution in [0.3, 0.4) is 0 Å². The molecule has 2 radical (unpaired) electrons. The third kappa shape index (κ3) is 15.3. The summed E-state index contributed by atoms with van der Waals surface area (Å²) < 4.78 is 6.09. The zero-order valence-electron chi connectivity index (χ0n) is 34.3. The van der Waals surface area contributed by atoms with Crippen molar-refractivity contribution in [2.45, 2.75) is 69.1 Å². The summed E-state index contributed by atoms with van der Waals surface area (Å²) >= 11 is 0. The average molecular weight is 761 g/mol. The van der Waals surface area contributed by atoms with Crippen LogP contribution in [0.4, 0.5) is 22.7 Å². The summed E-state index contributed by atoms with van der Waals surface area (Å²) in [6.45, 7) is 21.4. The lowest BCUT2D eigenvalue weighted by Crippen LogP contribution is -2.09. The van der Waals surface area contributed by atoms with Gasteiger partial charge in [-0.1, -0.05) is 6.82 Å². The lowest BCUT2D eigenvalue weighted by Gasteiger charge is -2.11. The van der Waals surface area contributed by atoms with Crippen molar-refractivity contribution in [1.29, 1.82) is 0 Å². The largest absolute Gasteiger partial charge is 0.508 e. The van der Waals surface area contributed by atoms with Gasteiger partial charge in [-0.2, -0.15) is 0 Å². The topological polar surface area (TPSA) is 178 Å². The van der Waals surface area contributed by atoms with Gasteiger partial charge in [-0.3, -0.25) is 9.79 Å². The number of anilines is 4. The highest BCUT2D eigenvalue weighted by atomic mass is 16.3. The summed E-state index contributed by atoms with van der Waals surface area (Å²) in [4.78, 5) is 19.9. The molecule has 0 spiro atoms. The summed E-state index contributed by atoms with van der Waals surface area (Å²) in [5.74, 6) is 1.35. The molecule has 8 N–H and O–H groups in total. The molecule has 0 bridgehead atoms. The van der Waals surface area contributed by atoms with Crippen LogP contribution < -0.4 is 27.0 Å². The number of aromatic hydroxyl groups is 3. The van der Waals surface area contributed by atoms with Gasteiger partial charge in [-0.15, -0.1) is 0 Å². The number of amides is 1. The normalized spacial score (nSPS) is 10.4. The maximum atomic E-state index is 10.6. The summed E-state index contributed by atoms with van der Waals surface area (Å²) in [5, 5.41) is 37.3. The molecule has 1 aliphatic carbocycles. The monoisotopic (exact) mass is 760 g/mol. The second-order valence-corrected chi connectivity index (χ2v) is 12.9. The van der Waals surface area contributed by atoms with Crippen molar-refractivity contribution in [1.82, 2.24) is 4.98 Å². The molecule has 0 aromatic heterocycles. The number of rotatable bonds is 6. The van der Waals surface area contributed by atoms with Crippen molar-refractivity contribution < 1.29 is 24.5 Å². The molecule has 296 valence electrons. The predicted octanol–water partition coefficient (Wildman–Crippen LogP) is 9.18. The van der Waals surface area contributed by atoms with Gasteiger partial charge >= 0.3 is 0 Å². The van der Waals surface area contributed by atoms with Gasteiger partial charge in [0.15, 0.2) is 11.3 Å². The molecule has 12 heteroatoms. The Labute approximate surface area is 332 Å². The molecule has 0 unspecified atom stereocenters. The van der Waals surface area contributed by atoms with Gasteiger partial charge in [-0.05, 0) is 132 Å². The van der Waals surface area contributed by atoms with Crippen molar-refractivity contribution in [3.05, 3.63) is 112 Å². The van der Waals surface area contributed by atoms with Crippen LogP contribution in [0.15, 0.2) is 88.3 Å². The predicted molar refractivity (Wildman–Crippen MR) is 233 cm³/mol. The summed E-state index contributed by atoms with van der Waals surface area (Å²) in [7, 11) is 4.50. The van der Waals surface area contributed by atoms with Gasteiger partial charge in [-0.25, -0.2) is 4.98 Å². The maximum absolute atomic E-state index is 10.6. The van der Waals surface area contributed by atoms with E-state index in [9.17, 15) is 9.90 Å². The van der Waals surface area contributed by atoms with Crippen LogP contribution in [0, 0.1) is 34.6 Å².